The number of rotatable bonds is 4. The molecule has 1 fully saturated rings. The van der Waals surface area contributed by atoms with Crippen LogP contribution < -0.4 is 0 Å². The van der Waals surface area contributed by atoms with Crippen LogP contribution in [-0.4, -0.2) is 12.6 Å². The summed E-state index contributed by atoms with van der Waals surface area (Å²) in [7, 11) is 0. The lowest BCUT2D eigenvalue weighted by Crippen LogP contribution is -2.03. The van der Waals surface area contributed by atoms with Crippen LogP contribution >= 0.6 is 0 Å². The second-order valence-corrected chi connectivity index (χ2v) is 4.04. The predicted octanol–water partition coefficient (Wildman–Crippen LogP) is 3.29. The van der Waals surface area contributed by atoms with Gasteiger partial charge in [-0.25, -0.2) is 4.79 Å². The lowest BCUT2D eigenvalue weighted by Gasteiger charge is -2.01. The third kappa shape index (κ3) is 2.96. The van der Waals surface area contributed by atoms with Gasteiger partial charge < -0.3 is 4.74 Å². The van der Waals surface area contributed by atoms with Gasteiger partial charge in [-0.2, -0.15) is 0 Å². The number of hydrogen-bond donors (Lipinski definition) is 0. The number of carbonyl (C=O) groups is 1. The SMILES string of the molecule is CCOC(=O)c1ccc(C=CC2CC2)cc1. The molecule has 84 valence electrons. The summed E-state index contributed by atoms with van der Waals surface area (Å²) in [6.45, 7) is 2.23. The smallest absolute Gasteiger partial charge is 0.338 e. The molecule has 0 unspecified atom stereocenters. The quantitative estimate of drug-likeness (QED) is 0.722. The van der Waals surface area contributed by atoms with E-state index in [9.17, 15) is 4.79 Å². The zero-order valence-corrected chi connectivity index (χ0v) is 9.48. The first-order valence-electron chi connectivity index (χ1n) is 5.75. The second kappa shape index (κ2) is 4.97. The Morgan fingerprint density at radius 1 is 1.38 bits per heavy atom. The summed E-state index contributed by atoms with van der Waals surface area (Å²) in [6, 6.07) is 7.52. The van der Waals surface area contributed by atoms with Crippen molar-refractivity contribution in [3.8, 4) is 0 Å². The van der Waals surface area contributed by atoms with Crippen molar-refractivity contribution in [3.63, 3.8) is 0 Å². The van der Waals surface area contributed by atoms with E-state index >= 15 is 0 Å². The Bertz CT molecular complexity index is 386. The molecule has 2 nitrogen and oxygen atoms in total. The second-order valence-electron chi connectivity index (χ2n) is 4.04. The van der Waals surface area contributed by atoms with Crippen molar-refractivity contribution in [2.24, 2.45) is 5.92 Å². The summed E-state index contributed by atoms with van der Waals surface area (Å²) >= 11 is 0. The number of carbonyl (C=O) groups excluding carboxylic acids is 1. The average molecular weight is 216 g/mol. The summed E-state index contributed by atoms with van der Waals surface area (Å²) in [5.74, 6) is 0.532. The lowest BCUT2D eigenvalue weighted by molar-refractivity contribution is 0.0526. The fraction of sp³-hybridized carbons (Fsp3) is 0.357. The largest absolute Gasteiger partial charge is 0.462 e. The maximum Gasteiger partial charge on any atom is 0.338 e. The molecule has 1 saturated carbocycles. The van der Waals surface area contributed by atoms with E-state index in [0.717, 1.165) is 11.5 Å². The first-order chi connectivity index (χ1) is 7.79. The highest BCUT2D eigenvalue weighted by molar-refractivity contribution is 5.89. The Kier molecular flexibility index (Phi) is 3.40. The van der Waals surface area contributed by atoms with Crippen molar-refractivity contribution < 1.29 is 9.53 Å². The van der Waals surface area contributed by atoms with Gasteiger partial charge in [0.15, 0.2) is 0 Å². The van der Waals surface area contributed by atoms with Crippen molar-refractivity contribution in [3.05, 3.63) is 41.5 Å². The summed E-state index contributed by atoms with van der Waals surface area (Å²) in [4.78, 5) is 11.4. The van der Waals surface area contributed by atoms with Gasteiger partial charge >= 0.3 is 5.97 Å². The normalized spacial score (nSPS) is 15.3. The minimum absolute atomic E-state index is 0.250. The molecule has 0 radical (unpaired) electrons. The molecule has 1 aliphatic rings. The fourth-order valence-corrected chi connectivity index (χ4v) is 1.48. The van der Waals surface area contributed by atoms with E-state index in [0.29, 0.717) is 12.2 Å². The first kappa shape index (κ1) is 10.9. The number of ether oxygens (including phenoxy) is 1. The van der Waals surface area contributed by atoms with E-state index in [1.54, 1.807) is 0 Å². The highest BCUT2D eigenvalue weighted by Crippen LogP contribution is 2.30. The third-order valence-corrected chi connectivity index (χ3v) is 2.60. The number of allylic oxidation sites excluding steroid dienone is 1. The molecular weight excluding hydrogens is 200 g/mol. The van der Waals surface area contributed by atoms with E-state index < -0.39 is 0 Å². The van der Waals surface area contributed by atoms with Crippen molar-refractivity contribution in [2.75, 3.05) is 6.61 Å². The van der Waals surface area contributed by atoms with Crippen LogP contribution in [0.4, 0.5) is 0 Å². The molecule has 0 atom stereocenters. The topological polar surface area (TPSA) is 26.3 Å². The maximum absolute atomic E-state index is 11.4. The summed E-state index contributed by atoms with van der Waals surface area (Å²) in [5.41, 5.74) is 1.75. The monoisotopic (exact) mass is 216 g/mol. The van der Waals surface area contributed by atoms with Crippen molar-refractivity contribution in [1.29, 1.82) is 0 Å². The number of benzene rings is 1. The van der Waals surface area contributed by atoms with Gasteiger partial charge in [0.2, 0.25) is 0 Å². The van der Waals surface area contributed by atoms with Gasteiger partial charge in [-0.1, -0.05) is 24.3 Å². The minimum Gasteiger partial charge on any atom is -0.462 e. The summed E-state index contributed by atoms with van der Waals surface area (Å²) < 4.78 is 4.92. The average Bonchev–Trinajstić information content (AvgIpc) is 3.11. The summed E-state index contributed by atoms with van der Waals surface area (Å²) in [5, 5.41) is 0. The van der Waals surface area contributed by atoms with E-state index in [-0.39, 0.29) is 5.97 Å². The van der Waals surface area contributed by atoms with Crippen LogP contribution in [0.1, 0.15) is 35.7 Å². The van der Waals surface area contributed by atoms with Crippen LogP contribution in [0.25, 0.3) is 6.08 Å². The van der Waals surface area contributed by atoms with Crippen LogP contribution in [0.3, 0.4) is 0 Å². The van der Waals surface area contributed by atoms with E-state index in [1.165, 1.54) is 12.8 Å². The minimum atomic E-state index is -0.250. The molecule has 2 rings (SSSR count). The Morgan fingerprint density at radius 3 is 2.62 bits per heavy atom. The fourth-order valence-electron chi connectivity index (χ4n) is 1.48. The van der Waals surface area contributed by atoms with Gasteiger partial charge in [0.25, 0.3) is 0 Å². The first-order valence-corrected chi connectivity index (χ1v) is 5.75. The van der Waals surface area contributed by atoms with E-state index in [2.05, 4.69) is 12.2 Å². The Hall–Kier alpha value is -1.57. The number of esters is 1. The maximum atomic E-state index is 11.4. The zero-order chi connectivity index (χ0) is 11.4. The van der Waals surface area contributed by atoms with Gasteiger partial charge in [0.05, 0.1) is 12.2 Å². The van der Waals surface area contributed by atoms with Crippen LogP contribution in [0.2, 0.25) is 0 Å². The lowest BCUT2D eigenvalue weighted by atomic mass is 10.1. The molecule has 1 aromatic carbocycles. The molecule has 1 aromatic rings. The standard InChI is InChI=1S/C14H16O2/c1-2-16-14(15)13-9-7-12(8-10-13)6-5-11-3-4-11/h5-11H,2-4H2,1H3. The van der Waals surface area contributed by atoms with Gasteiger partial charge in [-0.15, -0.1) is 0 Å². The summed E-state index contributed by atoms with van der Waals surface area (Å²) in [6.07, 6.45) is 6.99. The molecule has 0 aromatic heterocycles. The Labute approximate surface area is 95.9 Å². The van der Waals surface area contributed by atoms with Gasteiger partial charge in [0.1, 0.15) is 0 Å². The molecule has 2 heteroatoms. The highest BCUT2D eigenvalue weighted by Gasteiger charge is 2.16. The zero-order valence-electron chi connectivity index (χ0n) is 9.48. The van der Waals surface area contributed by atoms with Crippen LogP contribution in [0.5, 0.6) is 0 Å². The molecule has 16 heavy (non-hydrogen) atoms. The molecule has 0 aliphatic heterocycles. The molecular formula is C14H16O2. The molecule has 0 amide bonds. The van der Waals surface area contributed by atoms with E-state index in [1.807, 2.05) is 31.2 Å². The van der Waals surface area contributed by atoms with E-state index in [4.69, 9.17) is 4.74 Å². The molecule has 0 spiro atoms. The van der Waals surface area contributed by atoms with Gasteiger partial charge in [-0.05, 0) is 43.4 Å². The molecule has 0 heterocycles. The molecule has 0 saturated heterocycles. The van der Waals surface area contributed by atoms with Crippen LogP contribution in [-0.2, 0) is 4.74 Å². The predicted molar refractivity (Wildman–Crippen MR) is 64.2 cm³/mol. The van der Waals surface area contributed by atoms with Gasteiger partial charge in [-0.3, -0.25) is 0 Å². The van der Waals surface area contributed by atoms with Crippen molar-refractivity contribution >= 4 is 12.0 Å². The molecule has 0 bridgehead atoms. The Morgan fingerprint density at radius 2 is 2.06 bits per heavy atom. The number of hydrogen-bond acceptors (Lipinski definition) is 2. The van der Waals surface area contributed by atoms with Crippen molar-refractivity contribution in [2.45, 2.75) is 19.8 Å². The highest BCUT2D eigenvalue weighted by atomic mass is 16.5. The van der Waals surface area contributed by atoms with Gasteiger partial charge in [0, 0.05) is 0 Å². The van der Waals surface area contributed by atoms with Crippen LogP contribution in [0.15, 0.2) is 30.3 Å². The van der Waals surface area contributed by atoms with Crippen molar-refractivity contribution in [1.82, 2.24) is 0 Å². The molecule has 0 N–H and O–H groups in total. The molecule has 1 aliphatic carbocycles. The van der Waals surface area contributed by atoms with Crippen LogP contribution in [0, 0.1) is 5.92 Å². The Balaban J connectivity index is 2.00. The third-order valence-electron chi connectivity index (χ3n) is 2.60.